The Hall–Kier alpha value is -0.720. The third-order valence-electron chi connectivity index (χ3n) is 2.40. The summed E-state index contributed by atoms with van der Waals surface area (Å²) in [6, 6.07) is 0. The average Bonchev–Trinajstić information content (AvgIpc) is 2.00. The number of rotatable bonds is 2. The fourth-order valence-corrected chi connectivity index (χ4v) is 1.02. The first kappa shape index (κ1) is 11.3. The molecule has 0 aliphatic carbocycles. The molecule has 0 rings (SSSR count). The Bertz CT molecular complexity index is 215. The molecule has 0 heterocycles. The predicted octanol–water partition coefficient (Wildman–Crippen LogP) is 3.23. The van der Waals surface area contributed by atoms with Gasteiger partial charge in [0.05, 0.1) is 0 Å². The molecule has 0 amide bonds. The van der Waals surface area contributed by atoms with Crippen LogP contribution in [0.5, 0.6) is 0 Å². The molecule has 0 bridgehead atoms. The Morgan fingerprint density at radius 3 is 1.67 bits per heavy atom. The van der Waals surface area contributed by atoms with E-state index >= 15 is 0 Å². The zero-order valence-corrected chi connectivity index (χ0v) is 9.15. The van der Waals surface area contributed by atoms with E-state index in [0.29, 0.717) is 5.92 Å². The third-order valence-corrected chi connectivity index (χ3v) is 2.40. The lowest BCUT2D eigenvalue weighted by Crippen LogP contribution is -2.05. The van der Waals surface area contributed by atoms with Crippen molar-refractivity contribution in [2.24, 2.45) is 11.7 Å². The fourth-order valence-electron chi connectivity index (χ4n) is 1.02. The van der Waals surface area contributed by atoms with Crippen molar-refractivity contribution in [2.45, 2.75) is 41.5 Å². The summed E-state index contributed by atoms with van der Waals surface area (Å²) in [5, 5.41) is 0. The molecule has 0 aliphatic rings. The van der Waals surface area contributed by atoms with E-state index in [1.807, 2.05) is 13.8 Å². The van der Waals surface area contributed by atoms with Crippen molar-refractivity contribution >= 4 is 0 Å². The van der Waals surface area contributed by atoms with Crippen LogP contribution in [0.2, 0.25) is 0 Å². The summed E-state index contributed by atoms with van der Waals surface area (Å²) in [7, 11) is 0. The molecule has 0 saturated carbocycles. The summed E-state index contributed by atoms with van der Waals surface area (Å²) < 4.78 is 0. The number of nitrogens with two attached hydrogens (primary N) is 1. The summed E-state index contributed by atoms with van der Waals surface area (Å²) in [5.74, 6) is 0.586. The highest BCUT2D eigenvalue weighted by atomic mass is 14.6. The smallest absolute Gasteiger partial charge is 0.0329 e. The van der Waals surface area contributed by atoms with Crippen molar-refractivity contribution in [2.75, 3.05) is 0 Å². The van der Waals surface area contributed by atoms with E-state index in [1.165, 1.54) is 16.7 Å². The summed E-state index contributed by atoms with van der Waals surface area (Å²) in [6.07, 6.45) is 0. The van der Waals surface area contributed by atoms with Crippen LogP contribution in [0.15, 0.2) is 22.4 Å². The molecule has 2 N–H and O–H groups in total. The van der Waals surface area contributed by atoms with E-state index in [1.54, 1.807) is 0 Å². The molecule has 0 atom stereocenters. The van der Waals surface area contributed by atoms with Crippen molar-refractivity contribution in [1.29, 1.82) is 0 Å². The highest BCUT2D eigenvalue weighted by Gasteiger charge is 2.04. The largest absolute Gasteiger partial charge is 0.399 e. The Balaban J connectivity index is 4.93. The van der Waals surface area contributed by atoms with Gasteiger partial charge in [-0.1, -0.05) is 25.0 Å². The SMILES string of the molecule is CC(C)=C(N)/C(C)=C(\C)C(C)C. The maximum Gasteiger partial charge on any atom is 0.0329 e. The van der Waals surface area contributed by atoms with Crippen LogP contribution in [-0.2, 0) is 0 Å². The van der Waals surface area contributed by atoms with Crippen LogP contribution in [0, 0.1) is 5.92 Å². The molecule has 0 spiro atoms. The fraction of sp³-hybridized carbons (Fsp3) is 0.636. The molecule has 0 aromatic heterocycles. The van der Waals surface area contributed by atoms with E-state index in [0.717, 1.165) is 5.70 Å². The zero-order chi connectivity index (χ0) is 9.89. The number of hydrogen-bond donors (Lipinski definition) is 1. The lowest BCUT2D eigenvalue weighted by atomic mass is 9.97. The first-order valence-corrected chi connectivity index (χ1v) is 4.48. The maximum atomic E-state index is 5.92. The van der Waals surface area contributed by atoms with Gasteiger partial charge in [0.25, 0.3) is 0 Å². The van der Waals surface area contributed by atoms with Gasteiger partial charge in [0.2, 0.25) is 0 Å². The standard InChI is InChI=1S/C11H21N/c1-7(2)9(5)10(6)11(12)8(3)4/h7H,12H2,1-6H3/b10-9+. The summed E-state index contributed by atoms with van der Waals surface area (Å²) >= 11 is 0. The number of allylic oxidation sites excluding steroid dienone is 3. The molecular formula is C11H21N. The maximum absolute atomic E-state index is 5.92. The normalized spacial score (nSPS) is 12.9. The third kappa shape index (κ3) is 2.72. The molecule has 0 radical (unpaired) electrons. The quantitative estimate of drug-likeness (QED) is 0.628. The molecule has 12 heavy (non-hydrogen) atoms. The van der Waals surface area contributed by atoms with Gasteiger partial charge in [0, 0.05) is 5.70 Å². The second-order valence-corrected chi connectivity index (χ2v) is 3.88. The number of hydrogen-bond acceptors (Lipinski definition) is 1. The van der Waals surface area contributed by atoms with Crippen LogP contribution < -0.4 is 5.73 Å². The van der Waals surface area contributed by atoms with Gasteiger partial charge in [-0.15, -0.1) is 0 Å². The van der Waals surface area contributed by atoms with E-state index in [4.69, 9.17) is 5.73 Å². The molecule has 0 fully saturated rings. The molecule has 0 aliphatic heterocycles. The van der Waals surface area contributed by atoms with Gasteiger partial charge in [-0.2, -0.15) is 0 Å². The molecule has 0 saturated heterocycles. The second kappa shape index (κ2) is 4.34. The predicted molar refractivity (Wildman–Crippen MR) is 55.8 cm³/mol. The van der Waals surface area contributed by atoms with E-state index in [9.17, 15) is 0 Å². The van der Waals surface area contributed by atoms with Crippen LogP contribution in [0.25, 0.3) is 0 Å². The van der Waals surface area contributed by atoms with Crippen LogP contribution in [0.4, 0.5) is 0 Å². The minimum Gasteiger partial charge on any atom is -0.399 e. The molecule has 70 valence electrons. The van der Waals surface area contributed by atoms with Gasteiger partial charge in [-0.25, -0.2) is 0 Å². The Labute approximate surface area is 76.3 Å². The Morgan fingerprint density at radius 1 is 1.00 bits per heavy atom. The van der Waals surface area contributed by atoms with E-state index in [-0.39, 0.29) is 0 Å². The summed E-state index contributed by atoms with van der Waals surface area (Å²) in [6.45, 7) is 12.7. The summed E-state index contributed by atoms with van der Waals surface area (Å²) in [5.41, 5.74) is 10.7. The van der Waals surface area contributed by atoms with Crippen molar-refractivity contribution in [3.05, 3.63) is 22.4 Å². The van der Waals surface area contributed by atoms with Crippen molar-refractivity contribution in [1.82, 2.24) is 0 Å². The first-order chi connectivity index (χ1) is 5.37. The lowest BCUT2D eigenvalue weighted by Gasteiger charge is -2.12. The van der Waals surface area contributed by atoms with Gasteiger partial charge < -0.3 is 5.73 Å². The highest BCUT2D eigenvalue weighted by molar-refractivity contribution is 5.33. The molecule has 1 nitrogen and oxygen atoms in total. The first-order valence-electron chi connectivity index (χ1n) is 4.48. The minimum absolute atomic E-state index is 0.586. The van der Waals surface area contributed by atoms with Gasteiger partial charge in [0.15, 0.2) is 0 Å². The van der Waals surface area contributed by atoms with E-state index < -0.39 is 0 Å². The second-order valence-electron chi connectivity index (χ2n) is 3.88. The van der Waals surface area contributed by atoms with Gasteiger partial charge in [0.1, 0.15) is 0 Å². The lowest BCUT2D eigenvalue weighted by molar-refractivity contribution is 0.757. The monoisotopic (exact) mass is 167 g/mol. The van der Waals surface area contributed by atoms with Gasteiger partial charge in [-0.3, -0.25) is 0 Å². The van der Waals surface area contributed by atoms with Crippen molar-refractivity contribution < 1.29 is 0 Å². The minimum atomic E-state index is 0.586. The molecule has 0 unspecified atom stereocenters. The molecule has 1 heteroatoms. The molecule has 0 aromatic carbocycles. The van der Waals surface area contributed by atoms with Crippen molar-refractivity contribution in [3.63, 3.8) is 0 Å². The molecule has 0 aromatic rings. The van der Waals surface area contributed by atoms with Crippen LogP contribution >= 0.6 is 0 Å². The van der Waals surface area contributed by atoms with Gasteiger partial charge in [-0.05, 0) is 39.2 Å². The topological polar surface area (TPSA) is 26.0 Å². The highest BCUT2D eigenvalue weighted by Crippen LogP contribution is 2.19. The van der Waals surface area contributed by atoms with Crippen molar-refractivity contribution in [3.8, 4) is 0 Å². The van der Waals surface area contributed by atoms with Crippen LogP contribution in [0.1, 0.15) is 41.5 Å². The summed E-state index contributed by atoms with van der Waals surface area (Å²) in [4.78, 5) is 0. The Kier molecular flexibility index (Phi) is 4.08. The zero-order valence-electron chi connectivity index (χ0n) is 9.15. The van der Waals surface area contributed by atoms with Crippen LogP contribution in [0.3, 0.4) is 0 Å². The average molecular weight is 167 g/mol. The van der Waals surface area contributed by atoms with Gasteiger partial charge >= 0.3 is 0 Å². The molecular weight excluding hydrogens is 146 g/mol. The van der Waals surface area contributed by atoms with Crippen LogP contribution in [-0.4, -0.2) is 0 Å². The Morgan fingerprint density at radius 2 is 1.42 bits per heavy atom. The van der Waals surface area contributed by atoms with E-state index in [2.05, 4.69) is 27.7 Å².